The molecule has 0 saturated heterocycles. The van der Waals surface area contributed by atoms with E-state index in [-0.39, 0.29) is 19.3 Å². The van der Waals surface area contributed by atoms with Gasteiger partial charge >= 0.3 is 0 Å². The van der Waals surface area contributed by atoms with Crippen molar-refractivity contribution < 1.29 is 9.84 Å². The van der Waals surface area contributed by atoms with Crippen LogP contribution in [0, 0.1) is 0 Å². The highest BCUT2D eigenvalue weighted by atomic mass is 16.5. The van der Waals surface area contributed by atoms with E-state index in [1.54, 1.807) is 0 Å². The van der Waals surface area contributed by atoms with E-state index in [9.17, 15) is 5.11 Å². The third-order valence-corrected chi connectivity index (χ3v) is 2.08. The predicted octanol–water partition coefficient (Wildman–Crippen LogP) is 1.08. The van der Waals surface area contributed by atoms with Crippen LogP contribution in [-0.4, -0.2) is 24.4 Å². The molecule has 0 aromatic heterocycles. The van der Waals surface area contributed by atoms with Gasteiger partial charge in [-0.2, -0.15) is 0 Å². The minimum atomic E-state index is -0.568. The van der Waals surface area contributed by atoms with E-state index >= 15 is 0 Å². The highest BCUT2D eigenvalue weighted by Gasteiger charge is 2.07. The number of hydrogen-bond acceptors (Lipinski definition) is 3. The zero-order chi connectivity index (χ0) is 10.4. The Kier molecular flexibility index (Phi) is 4.59. The molecule has 2 atom stereocenters. The monoisotopic (exact) mass is 195 g/mol. The maximum Gasteiger partial charge on any atom is 0.0895 e. The molecule has 0 unspecified atom stereocenters. The summed E-state index contributed by atoms with van der Waals surface area (Å²) in [6, 6.07) is 9.90. The van der Waals surface area contributed by atoms with Gasteiger partial charge in [0, 0.05) is 6.54 Å². The van der Waals surface area contributed by atoms with E-state index in [0.717, 1.165) is 5.56 Å². The van der Waals surface area contributed by atoms with Crippen LogP contribution in [0.2, 0.25) is 0 Å². The Morgan fingerprint density at radius 2 is 2.00 bits per heavy atom. The molecule has 0 fully saturated rings. The molecule has 1 aromatic carbocycles. The lowest BCUT2D eigenvalue weighted by Gasteiger charge is -2.15. The number of hydrogen-bond donors (Lipinski definition) is 2. The minimum Gasteiger partial charge on any atom is -0.389 e. The van der Waals surface area contributed by atoms with Gasteiger partial charge < -0.3 is 15.6 Å². The van der Waals surface area contributed by atoms with Gasteiger partial charge in [0.25, 0.3) is 0 Å². The van der Waals surface area contributed by atoms with Crippen LogP contribution < -0.4 is 5.73 Å². The van der Waals surface area contributed by atoms with Crippen molar-refractivity contribution >= 4 is 0 Å². The number of aliphatic hydroxyl groups excluding tert-OH is 1. The average Bonchev–Trinajstić information content (AvgIpc) is 2.26. The highest BCUT2D eigenvalue weighted by molar-refractivity contribution is 5.16. The molecule has 0 spiro atoms. The van der Waals surface area contributed by atoms with Gasteiger partial charge in [0.15, 0.2) is 0 Å². The summed E-state index contributed by atoms with van der Waals surface area (Å²) in [5.41, 5.74) is 6.38. The lowest BCUT2D eigenvalue weighted by Crippen LogP contribution is -2.25. The first-order valence-corrected chi connectivity index (χ1v) is 4.78. The summed E-state index contributed by atoms with van der Waals surface area (Å²) >= 11 is 0. The van der Waals surface area contributed by atoms with E-state index in [1.165, 1.54) is 0 Å². The lowest BCUT2D eigenvalue weighted by molar-refractivity contribution is 0.000973. The topological polar surface area (TPSA) is 55.5 Å². The van der Waals surface area contributed by atoms with Crippen LogP contribution in [0.3, 0.4) is 0 Å². The first-order valence-electron chi connectivity index (χ1n) is 4.78. The first kappa shape index (κ1) is 11.2. The van der Waals surface area contributed by atoms with Crippen molar-refractivity contribution in [1.29, 1.82) is 0 Å². The van der Waals surface area contributed by atoms with E-state index in [4.69, 9.17) is 10.5 Å². The van der Waals surface area contributed by atoms with Crippen LogP contribution in [0.15, 0.2) is 30.3 Å². The standard InChI is InChI=1S/C11H17NO2/c1-9(14-8-11(13)7-12)10-5-3-2-4-6-10/h2-6,9,11,13H,7-8,12H2,1H3/t9-,11-/m1/s1. The first-order chi connectivity index (χ1) is 6.74. The summed E-state index contributed by atoms with van der Waals surface area (Å²) in [6.07, 6.45) is -0.571. The molecule has 78 valence electrons. The molecule has 1 rings (SSSR count). The predicted molar refractivity (Wildman–Crippen MR) is 55.9 cm³/mol. The number of benzene rings is 1. The molecule has 0 aliphatic heterocycles. The summed E-state index contributed by atoms with van der Waals surface area (Å²) in [5, 5.41) is 9.20. The Hall–Kier alpha value is -0.900. The fraction of sp³-hybridized carbons (Fsp3) is 0.455. The Bertz CT molecular complexity index is 251. The maximum atomic E-state index is 9.20. The summed E-state index contributed by atoms with van der Waals surface area (Å²) in [6.45, 7) is 2.48. The van der Waals surface area contributed by atoms with Gasteiger partial charge in [0.1, 0.15) is 0 Å². The van der Waals surface area contributed by atoms with Crippen LogP contribution in [0.1, 0.15) is 18.6 Å². The SMILES string of the molecule is C[C@@H](OC[C@H](O)CN)c1ccccc1. The summed E-state index contributed by atoms with van der Waals surface area (Å²) in [4.78, 5) is 0. The van der Waals surface area contributed by atoms with Gasteiger partial charge in [-0.15, -0.1) is 0 Å². The van der Waals surface area contributed by atoms with Gasteiger partial charge in [0.2, 0.25) is 0 Å². The molecule has 0 radical (unpaired) electrons. The van der Waals surface area contributed by atoms with Crippen molar-refractivity contribution in [2.45, 2.75) is 19.1 Å². The molecular formula is C11H17NO2. The largest absolute Gasteiger partial charge is 0.389 e. The third-order valence-electron chi connectivity index (χ3n) is 2.08. The zero-order valence-corrected chi connectivity index (χ0v) is 8.39. The molecule has 3 nitrogen and oxygen atoms in total. The molecular weight excluding hydrogens is 178 g/mol. The zero-order valence-electron chi connectivity index (χ0n) is 8.39. The molecule has 1 aromatic rings. The smallest absolute Gasteiger partial charge is 0.0895 e. The molecule has 0 bridgehead atoms. The quantitative estimate of drug-likeness (QED) is 0.739. The molecule has 0 heterocycles. The number of aliphatic hydroxyl groups is 1. The Morgan fingerprint density at radius 3 is 2.57 bits per heavy atom. The van der Waals surface area contributed by atoms with Crippen LogP contribution >= 0.6 is 0 Å². The van der Waals surface area contributed by atoms with Crippen molar-refractivity contribution in [1.82, 2.24) is 0 Å². The summed E-state index contributed by atoms with van der Waals surface area (Å²) < 4.78 is 5.45. The van der Waals surface area contributed by atoms with E-state index in [1.807, 2.05) is 37.3 Å². The second-order valence-corrected chi connectivity index (χ2v) is 3.28. The normalized spacial score (nSPS) is 15.1. The van der Waals surface area contributed by atoms with Crippen molar-refractivity contribution in [3.63, 3.8) is 0 Å². The number of rotatable bonds is 5. The van der Waals surface area contributed by atoms with Gasteiger partial charge in [0.05, 0.1) is 18.8 Å². The second-order valence-electron chi connectivity index (χ2n) is 3.28. The molecule has 3 N–H and O–H groups in total. The minimum absolute atomic E-state index is 0.00241. The Morgan fingerprint density at radius 1 is 1.36 bits per heavy atom. The fourth-order valence-corrected chi connectivity index (χ4v) is 1.14. The summed E-state index contributed by atoms with van der Waals surface area (Å²) in [7, 11) is 0. The van der Waals surface area contributed by atoms with Crippen LogP contribution in [0.5, 0.6) is 0 Å². The van der Waals surface area contributed by atoms with Gasteiger partial charge in [-0.3, -0.25) is 0 Å². The van der Waals surface area contributed by atoms with Crippen LogP contribution in [0.25, 0.3) is 0 Å². The maximum absolute atomic E-state index is 9.20. The van der Waals surface area contributed by atoms with Crippen molar-refractivity contribution in [2.75, 3.05) is 13.2 Å². The van der Waals surface area contributed by atoms with Crippen LogP contribution in [0.4, 0.5) is 0 Å². The molecule has 0 amide bonds. The second kappa shape index (κ2) is 5.75. The van der Waals surface area contributed by atoms with Gasteiger partial charge in [-0.25, -0.2) is 0 Å². The van der Waals surface area contributed by atoms with E-state index < -0.39 is 6.10 Å². The highest BCUT2D eigenvalue weighted by Crippen LogP contribution is 2.15. The molecule has 14 heavy (non-hydrogen) atoms. The van der Waals surface area contributed by atoms with Crippen molar-refractivity contribution in [3.05, 3.63) is 35.9 Å². The van der Waals surface area contributed by atoms with E-state index in [0.29, 0.717) is 0 Å². The van der Waals surface area contributed by atoms with Crippen molar-refractivity contribution in [2.24, 2.45) is 5.73 Å². The van der Waals surface area contributed by atoms with Gasteiger partial charge in [-0.05, 0) is 12.5 Å². The summed E-state index contributed by atoms with van der Waals surface area (Å²) in [5.74, 6) is 0. The fourth-order valence-electron chi connectivity index (χ4n) is 1.14. The third kappa shape index (κ3) is 3.46. The molecule has 0 aliphatic rings. The van der Waals surface area contributed by atoms with E-state index in [2.05, 4.69) is 0 Å². The molecule has 3 heteroatoms. The molecule has 0 saturated carbocycles. The van der Waals surface area contributed by atoms with Crippen LogP contribution in [-0.2, 0) is 4.74 Å². The average molecular weight is 195 g/mol. The number of ether oxygens (including phenoxy) is 1. The Balaban J connectivity index is 2.39. The van der Waals surface area contributed by atoms with Gasteiger partial charge in [-0.1, -0.05) is 30.3 Å². The lowest BCUT2D eigenvalue weighted by atomic mass is 10.1. The Labute approximate surface area is 84.5 Å². The number of nitrogens with two attached hydrogens (primary N) is 1. The molecule has 0 aliphatic carbocycles. The van der Waals surface area contributed by atoms with Crippen molar-refractivity contribution in [3.8, 4) is 0 Å².